The van der Waals surface area contributed by atoms with E-state index in [1.54, 1.807) is 0 Å². The smallest absolute Gasteiger partial charge is 0.412 e. The van der Waals surface area contributed by atoms with Crippen molar-refractivity contribution in [2.24, 2.45) is 0 Å². The summed E-state index contributed by atoms with van der Waals surface area (Å²) in [5.74, 6) is 0. The number of nitrogens with one attached hydrogen (secondary N) is 1. The normalized spacial score (nSPS) is 11.9. The van der Waals surface area contributed by atoms with Gasteiger partial charge in [0.1, 0.15) is 5.60 Å². The van der Waals surface area contributed by atoms with Crippen molar-refractivity contribution in [3.8, 4) is 0 Å². The van der Waals surface area contributed by atoms with Crippen LogP contribution in [-0.2, 0) is 10.2 Å². The van der Waals surface area contributed by atoms with Gasteiger partial charge < -0.3 is 10.5 Å². The first-order chi connectivity index (χ1) is 11.1. The number of anilines is 2. The molecule has 2 aromatic carbocycles. The molecule has 0 aliphatic carbocycles. The summed E-state index contributed by atoms with van der Waals surface area (Å²) in [6.07, 6.45) is -0.451. The van der Waals surface area contributed by atoms with E-state index in [4.69, 9.17) is 10.5 Å². The molecule has 0 aliphatic heterocycles. The Kier molecular flexibility index (Phi) is 4.88. The van der Waals surface area contributed by atoms with Gasteiger partial charge in [-0.25, -0.2) is 4.79 Å². The summed E-state index contributed by atoms with van der Waals surface area (Å²) in [4.78, 5) is 11.8. The molecule has 0 saturated heterocycles. The molecule has 3 N–H and O–H groups in total. The van der Waals surface area contributed by atoms with Gasteiger partial charge in [0.15, 0.2) is 0 Å². The maximum atomic E-state index is 11.8. The van der Waals surface area contributed by atoms with Gasteiger partial charge in [0.25, 0.3) is 0 Å². The van der Waals surface area contributed by atoms with E-state index >= 15 is 0 Å². The van der Waals surface area contributed by atoms with E-state index in [9.17, 15) is 4.79 Å². The van der Waals surface area contributed by atoms with Crippen LogP contribution in [0.2, 0.25) is 0 Å². The SMILES string of the molecule is CC(C)(C)OC(=O)Nc1ccc(C(C)(C)c2ccc(N)cc2)cc1. The van der Waals surface area contributed by atoms with E-state index in [1.165, 1.54) is 5.56 Å². The second-order valence-electron chi connectivity index (χ2n) is 7.45. The van der Waals surface area contributed by atoms with Crippen molar-refractivity contribution in [3.05, 3.63) is 59.7 Å². The Hall–Kier alpha value is -2.49. The maximum Gasteiger partial charge on any atom is 0.412 e. The molecular formula is C20H26N2O2. The van der Waals surface area contributed by atoms with Crippen molar-refractivity contribution >= 4 is 17.5 Å². The molecule has 0 aliphatic rings. The quantitative estimate of drug-likeness (QED) is 0.785. The number of hydrogen-bond donors (Lipinski definition) is 2. The molecule has 0 fully saturated rings. The highest BCUT2D eigenvalue weighted by molar-refractivity contribution is 5.84. The first-order valence-electron chi connectivity index (χ1n) is 8.04. The number of nitrogens with two attached hydrogens (primary N) is 1. The third-order valence-electron chi connectivity index (χ3n) is 3.88. The number of rotatable bonds is 3. The molecule has 2 aromatic rings. The molecule has 0 aromatic heterocycles. The van der Waals surface area contributed by atoms with Crippen LogP contribution in [0.25, 0.3) is 0 Å². The van der Waals surface area contributed by atoms with Gasteiger partial charge in [0, 0.05) is 16.8 Å². The topological polar surface area (TPSA) is 64.3 Å². The van der Waals surface area contributed by atoms with E-state index in [-0.39, 0.29) is 5.41 Å². The predicted octanol–water partition coefficient (Wildman–Crippen LogP) is 4.94. The van der Waals surface area contributed by atoms with Crippen LogP contribution in [0.5, 0.6) is 0 Å². The van der Waals surface area contributed by atoms with Crippen LogP contribution in [0.1, 0.15) is 45.7 Å². The second kappa shape index (κ2) is 6.56. The van der Waals surface area contributed by atoms with Crippen LogP contribution < -0.4 is 11.1 Å². The van der Waals surface area contributed by atoms with E-state index in [0.717, 1.165) is 11.3 Å². The molecule has 1 amide bonds. The van der Waals surface area contributed by atoms with Crippen LogP contribution in [0, 0.1) is 0 Å². The molecule has 0 spiro atoms. The summed E-state index contributed by atoms with van der Waals surface area (Å²) in [6, 6.07) is 15.7. The zero-order valence-electron chi connectivity index (χ0n) is 15.0. The Labute approximate surface area is 144 Å². The number of nitrogen functional groups attached to an aromatic ring is 1. The fourth-order valence-corrected chi connectivity index (χ4v) is 2.46. The zero-order chi connectivity index (χ0) is 18.0. The van der Waals surface area contributed by atoms with Gasteiger partial charge in [0.05, 0.1) is 0 Å². The van der Waals surface area contributed by atoms with Crippen LogP contribution in [0.4, 0.5) is 16.2 Å². The maximum absolute atomic E-state index is 11.8. The molecule has 128 valence electrons. The van der Waals surface area contributed by atoms with Crippen molar-refractivity contribution < 1.29 is 9.53 Å². The van der Waals surface area contributed by atoms with Crippen molar-refractivity contribution in [1.82, 2.24) is 0 Å². The Bertz CT molecular complexity index is 696. The third-order valence-corrected chi connectivity index (χ3v) is 3.88. The van der Waals surface area contributed by atoms with E-state index in [0.29, 0.717) is 5.69 Å². The lowest BCUT2D eigenvalue weighted by Crippen LogP contribution is -2.27. The molecule has 0 atom stereocenters. The highest BCUT2D eigenvalue weighted by Gasteiger charge is 2.23. The second-order valence-corrected chi connectivity index (χ2v) is 7.45. The predicted molar refractivity (Wildman–Crippen MR) is 99.3 cm³/mol. The lowest BCUT2D eigenvalue weighted by Gasteiger charge is -2.26. The Morgan fingerprint density at radius 3 is 1.79 bits per heavy atom. The van der Waals surface area contributed by atoms with Gasteiger partial charge in [0.2, 0.25) is 0 Å². The summed E-state index contributed by atoms with van der Waals surface area (Å²) in [6.45, 7) is 9.84. The largest absolute Gasteiger partial charge is 0.444 e. The van der Waals surface area contributed by atoms with Crippen molar-refractivity contribution in [3.63, 3.8) is 0 Å². The molecule has 0 radical (unpaired) electrons. The minimum atomic E-state index is -0.513. The summed E-state index contributed by atoms with van der Waals surface area (Å²) >= 11 is 0. The molecule has 0 heterocycles. The first kappa shape index (κ1) is 17.9. The standard InChI is InChI=1S/C20H26N2O2/c1-19(2,3)24-18(23)22-17-12-8-15(9-13-17)20(4,5)14-6-10-16(21)11-7-14/h6-13H,21H2,1-5H3,(H,22,23). The van der Waals surface area contributed by atoms with Crippen LogP contribution >= 0.6 is 0 Å². The number of carbonyl (C=O) groups excluding carboxylic acids is 1. The molecule has 4 nitrogen and oxygen atoms in total. The fraction of sp³-hybridized carbons (Fsp3) is 0.350. The highest BCUT2D eigenvalue weighted by atomic mass is 16.6. The van der Waals surface area contributed by atoms with Gasteiger partial charge in [-0.15, -0.1) is 0 Å². The van der Waals surface area contributed by atoms with Gasteiger partial charge in [-0.3, -0.25) is 5.32 Å². The minimum Gasteiger partial charge on any atom is -0.444 e. The minimum absolute atomic E-state index is 0.155. The summed E-state index contributed by atoms with van der Waals surface area (Å²) in [7, 11) is 0. The van der Waals surface area contributed by atoms with Gasteiger partial charge in [-0.1, -0.05) is 38.1 Å². The Morgan fingerprint density at radius 2 is 1.33 bits per heavy atom. The summed E-state index contributed by atoms with van der Waals surface area (Å²) < 4.78 is 5.26. The Morgan fingerprint density at radius 1 is 0.875 bits per heavy atom. The molecular weight excluding hydrogens is 300 g/mol. The number of benzene rings is 2. The average Bonchev–Trinajstić information content (AvgIpc) is 2.46. The van der Waals surface area contributed by atoms with Crippen molar-refractivity contribution in [1.29, 1.82) is 0 Å². The van der Waals surface area contributed by atoms with Crippen molar-refractivity contribution in [2.45, 2.75) is 45.6 Å². The zero-order valence-corrected chi connectivity index (χ0v) is 15.0. The van der Waals surface area contributed by atoms with E-state index in [2.05, 4.69) is 19.2 Å². The molecule has 0 bridgehead atoms. The van der Waals surface area contributed by atoms with E-state index in [1.807, 2.05) is 69.3 Å². The van der Waals surface area contributed by atoms with Crippen molar-refractivity contribution in [2.75, 3.05) is 11.1 Å². The third kappa shape index (κ3) is 4.51. The van der Waals surface area contributed by atoms with Crippen LogP contribution in [0.15, 0.2) is 48.5 Å². The lowest BCUT2D eigenvalue weighted by molar-refractivity contribution is 0.0636. The fourth-order valence-electron chi connectivity index (χ4n) is 2.46. The highest BCUT2D eigenvalue weighted by Crippen LogP contribution is 2.32. The van der Waals surface area contributed by atoms with E-state index < -0.39 is 11.7 Å². The molecule has 0 saturated carbocycles. The average molecular weight is 326 g/mol. The van der Waals surface area contributed by atoms with Crippen LogP contribution in [-0.4, -0.2) is 11.7 Å². The Balaban J connectivity index is 2.13. The first-order valence-corrected chi connectivity index (χ1v) is 8.04. The number of ether oxygens (including phenoxy) is 1. The molecule has 0 unspecified atom stereocenters. The molecule has 24 heavy (non-hydrogen) atoms. The lowest BCUT2D eigenvalue weighted by atomic mass is 9.78. The monoisotopic (exact) mass is 326 g/mol. The number of hydrogen-bond acceptors (Lipinski definition) is 3. The van der Waals surface area contributed by atoms with Gasteiger partial charge in [-0.2, -0.15) is 0 Å². The summed E-state index contributed by atoms with van der Waals surface area (Å²) in [5.41, 5.74) is 8.90. The van der Waals surface area contributed by atoms with Crippen LogP contribution in [0.3, 0.4) is 0 Å². The summed E-state index contributed by atoms with van der Waals surface area (Å²) in [5, 5.41) is 2.75. The molecule has 4 heteroatoms. The van der Waals surface area contributed by atoms with Gasteiger partial charge in [-0.05, 0) is 56.2 Å². The number of amides is 1. The van der Waals surface area contributed by atoms with Gasteiger partial charge >= 0.3 is 6.09 Å². The number of carbonyl (C=O) groups is 1. The molecule has 2 rings (SSSR count).